The number of likely N-dealkylation sites (tertiary alicyclic amines) is 1. The second kappa shape index (κ2) is 13.5. The van der Waals surface area contributed by atoms with Crippen molar-refractivity contribution in [2.45, 2.75) is 63.6 Å². The first-order chi connectivity index (χ1) is 21.5. The summed E-state index contributed by atoms with van der Waals surface area (Å²) in [6.45, 7) is 5.31. The Kier molecular flexibility index (Phi) is 9.53. The molecule has 1 heterocycles. The van der Waals surface area contributed by atoms with Crippen molar-refractivity contribution in [3.63, 3.8) is 0 Å². The number of carbonyl (C=O) groups is 4. The first-order valence-electron chi connectivity index (χ1n) is 15.3. The Bertz CT molecular complexity index is 1510. The largest absolute Gasteiger partial charge is 0.449 e. The van der Waals surface area contributed by atoms with Crippen LogP contribution in [0.4, 0.5) is 4.79 Å². The van der Waals surface area contributed by atoms with Crippen LogP contribution in [0.2, 0.25) is 0 Å². The summed E-state index contributed by atoms with van der Waals surface area (Å²) in [5, 5.41) is 16.6. The van der Waals surface area contributed by atoms with Crippen LogP contribution in [0.3, 0.4) is 0 Å². The molecule has 3 aromatic carbocycles. The van der Waals surface area contributed by atoms with Crippen molar-refractivity contribution in [3.8, 4) is 11.1 Å². The fraction of sp³-hybridized carbons (Fsp3) is 0.371. The smallest absolute Gasteiger partial charge is 0.407 e. The molecule has 45 heavy (non-hydrogen) atoms. The van der Waals surface area contributed by atoms with Gasteiger partial charge in [-0.25, -0.2) is 9.86 Å². The zero-order valence-electron chi connectivity index (χ0n) is 25.9. The number of hydrogen-bond donors (Lipinski definition) is 3. The Labute approximate surface area is 263 Å². The fourth-order valence-electron chi connectivity index (χ4n) is 6.10. The van der Waals surface area contributed by atoms with Gasteiger partial charge < -0.3 is 20.3 Å². The Morgan fingerprint density at radius 2 is 1.53 bits per heavy atom. The monoisotopic (exact) mass is 612 g/mol. The molecule has 2 atom stereocenters. The first-order valence-corrected chi connectivity index (χ1v) is 15.3. The molecule has 2 aliphatic rings. The van der Waals surface area contributed by atoms with Crippen molar-refractivity contribution >= 4 is 23.8 Å². The van der Waals surface area contributed by atoms with E-state index in [0.717, 1.165) is 27.8 Å². The van der Waals surface area contributed by atoms with E-state index in [1.807, 2.05) is 75.4 Å². The Hall–Kier alpha value is -4.70. The molecular weight excluding hydrogens is 572 g/mol. The van der Waals surface area contributed by atoms with Crippen LogP contribution in [-0.2, 0) is 25.5 Å². The third-order valence-electron chi connectivity index (χ3n) is 8.13. The van der Waals surface area contributed by atoms with Gasteiger partial charge in [-0.1, -0.05) is 78.9 Å². The summed E-state index contributed by atoms with van der Waals surface area (Å²) in [6.07, 6.45) is 0.375. The van der Waals surface area contributed by atoms with E-state index in [-0.39, 0.29) is 24.9 Å². The van der Waals surface area contributed by atoms with Gasteiger partial charge in [0, 0.05) is 24.4 Å². The number of nitrogens with one attached hydrogen (secondary N) is 2. The lowest BCUT2D eigenvalue weighted by Crippen LogP contribution is -2.54. The average Bonchev–Trinajstić information content (AvgIpc) is 3.63. The van der Waals surface area contributed by atoms with Gasteiger partial charge >= 0.3 is 6.09 Å². The van der Waals surface area contributed by atoms with Crippen molar-refractivity contribution in [3.05, 3.63) is 95.6 Å². The minimum absolute atomic E-state index is 0.0560. The van der Waals surface area contributed by atoms with Crippen molar-refractivity contribution in [2.75, 3.05) is 19.7 Å². The van der Waals surface area contributed by atoms with Crippen LogP contribution in [0.25, 0.3) is 11.1 Å². The normalized spacial score (nSPS) is 16.4. The van der Waals surface area contributed by atoms with Gasteiger partial charge in [-0.05, 0) is 61.4 Å². The van der Waals surface area contributed by atoms with E-state index in [2.05, 4.69) is 10.6 Å². The highest BCUT2D eigenvalue weighted by Gasteiger charge is 2.37. The highest BCUT2D eigenvalue weighted by Crippen LogP contribution is 2.44. The molecule has 1 aliphatic carbocycles. The summed E-state index contributed by atoms with van der Waals surface area (Å²) in [7, 11) is 0. The zero-order chi connectivity index (χ0) is 32.1. The van der Waals surface area contributed by atoms with Crippen LogP contribution < -0.4 is 10.6 Å². The molecule has 10 nitrogen and oxygen atoms in total. The number of hydroxylamine groups is 2. The number of carbonyl (C=O) groups excluding carboxylic acids is 4. The molecule has 236 valence electrons. The van der Waals surface area contributed by atoms with Crippen molar-refractivity contribution in [1.29, 1.82) is 0 Å². The quantitative estimate of drug-likeness (QED) is 0.245. The highest BCUT2D eigenvalue weighted by atomic mass is 16.5. The molecule has 0 aromatic heterocycles. The molecule has 1 aliphatic heterocycles. The predicted molar refractivity (Wildman–Crippen MR) is 168 cm³/mol. The van der Waals surface area contributed by atoms with Gasteiger partial charge in [-0.3, -0.25) is 19.6 Å². The number of ether oxygens (including phenoxy) is 1. The summed E-state index contributed by atoms with van der Waals surface area (Å²) >= 11 is 0. The summed E-state index contributed by atoms with van der Waals surface area (Å²) in [4.78, 5) is 54.0. The Balaban J connectivity index is 1.25. The summed E-state index contributed by atoms with van der Waals surface area (Å²) in [6, 6.07) is 23.1. The second-order valence-electron chi connectivity index (χ2n) is 12.6. The van der Waals surface area contributed by atoms with Gasteiger partial charge in [0.2, 0.25) is 11.8 Å². The molecule has 0 saturated carbocycles. The molecule has 3 aromatic rings. The van der Waals surface area contributed by atoms with Crippen LogP contribution >= 0.6 is 0 Å². The van der Waals surface area contributed by atoms with Crippen LogP contribution in [0.1, 0.15) is 56.2 Å². The standard InChI is InChI=1S/C35H40N4O6/c1-35(2,3)37-32(41)30-18-11-19-38(30)31(40)21-39(44)33(42)29(20-23-12-5-4-6-13-23)36-34(43)45-22-28-26-16-9-7-14-24(26)25-15-8-10-17-27(25)28/h4-10,12-17,28-30,44H,11,18-22H2,1-3H3,(H,36,43)(H,37,41)/t29-,30+/m0/s1. The van der Waals surface area contributed by atoms with Crippen LogP contribution in [0.15, 0.2) is 78.9 Å². The van der Waals surface area contributed by atoms with Gasteiger partial charge in [0.1, 0.15) is 25.2 Å². The average molecular weight is 613 g/mol. The molecule has 0 spiro atoms. The molecule has 5 rings (SSSR count). The van der Waals surface area contributed by atoms with Crippen molar-refractivity contribution in [1.82, 2.24) is 20.6 Å². The molecule has 10 heteroatoms. The van der Waals surface area contributed by atoms with Gasteiger partial charge in [0.25, 0.3) is 5.91 Å². The first kappa shape index (κ1) is 31.7. The fourth-order valence-corrected chi connectivity index (χ4v) is 6.10. The maximum atomic E-state index is 13.5. The van der Waals surface area contributed by atoms with Crippen LogP contribution in [-0.4, -0.2) is 76.3 Å². The van der Waals surface area contributed by atoms with E-state index < -0.39 is 42.1 Å². The molecular formula is C35H40N4O6. The third kappa shape index (κ3) is 7.51. The van der Waals surface area contributed by atoms with E-state index in [4.69, 9.17) is 4.74 Å². The van der Waals surface area contributed by atoms with E-state index in [0.29, 0.717) is 24.4 Å². The Morgan fingerprint density at radius 1 is 0.933 bits per heavy atom. The summed E-state index contributed by atoms with van der Waals surface area (Å²) in [5.74, 6) is -1.86. The maximum absolute atomic E-state index is 13.5. The topological polar surface area (TPSA) is 128 Å². The summed E-state index contributed by atoms with van der Waals surface area (Å²) in [5.41, 5.74) is 4.57. The lowest BCUT2D eigenvalue weighted by molar-refractivity contribution is -0.173. The lowest BCUT2D eigenvalue weighted by atomic mass is 9.98. The van der Waals surface area contributed by atoms with Gasteiger partial charge in [0.05, 0.1) is 0 Å². The zero-order valence-corrected chi connectivity index (χ0v) is 25.9. The number of amides is 4. The van der Waals surface area contributed by atoms with E-state index in [1.54, 1.807) is 24.3 Å². The van der Waals surface area contributed by atoms with Gasteiger partial charge in [0.15, 0.2) is 0 Å². The van der Waals surface area contributed by atoms with Crippen molar-refractivity contribution < 1.29 is 29.1 Å². The molecule has 0 radical (unpaired) electrons. The van der Waals surface area contributed by atoms with Gasteiger partial charge in [-0.15, -0.1) is 0 Å². The SMILES string of the molecule is CC(C)(C)NC(=O)[C@H]1CCCN1C(=O)CN(O)C(=O)[C@H](Cc1ccccc1)NC(=O)OCC1c2ccccc2-c2ccccc21. The number of benzene rings is 3. The van der Waals surface area contributed by atoms with E-state index in [9.17, 15) is 24.4 Å². The Morgan fingerprint density at radius 3 is 2.16 bits per heavy atom. The minimum atomic E-state index is -1.21. The molecule has 3 N–H and O–H groups in total. The number of rotatable bonds is 9. The molecule has 0 unspecified atom stereocenters. The van der Waals surface area contributed by atoms with Crippen LogP contribution in [0, 0.1) is 0 Å². The second-order valence-corrected chi connectivity index (χ2v) is 12.6. The van der Waals surface area contributed by atoms with E-state index >= 15 is 0 Å². The van der Waals surface area contributed by atoms with E-state index in [1.165, 1.54) is 4.90 Å². The minimum Gasteiger partial charge on any atom is -0.449 e. The molecule has 4 amide bonds. The number of alkyl carbamates (subject to hydrolysis) is 1. The molecule has 0 bridgehead atoms. The lowest BCUT2D eigenvalue weighted by Gasteiger charge is -2.29. The molecule has 1 fully saturated rings. The predicted octanol–water partition coefficient (Wildman–Crippen LogP) is 4.26. The number of fused-ring (bicyclic) bond motifs is 3. The number of nitrogens with zero attached hydrogens (tertiary/aromatic N) is 2. The number of hydrogen-bond acceptors (Lipinski definition) is 6. The summed E-state index contributed by atoms with van der Waals surface area (Å²) < 4.78 is 5.66. The maximum Gasteiger partial charge on any atom is 0.407 e. The third-order valence-corrected chi connectivity index (χ3v) is 8.13. The van der Waals surface area contributed by atoms with Crippen molar-refractivity contribution in [2.24, 2.45) is 0 Å². The molecule has 1 saturated heterocycles. The van der Waals surface area contributed by atoms with Gasteiger partial charge in [-0.2, -0.15) is 0 Å². The highest BCUT2D eigenvalue weighted by molar-refractivity contribution is 5.92. The van der Waals surface area contributed by atoms with Crippen LogP contribution in [0.5, 0.6) is 0 Å².